The van der Waals surface area contributed by atoms with Crippen LogP contribution >= 0.6 is 0 Å². The van der Waals surface area contributed by atoms with Crippen LogP contribution in [0.4, 0.5) is 0 Å². The molecular formula is C21H19N3. The fourth-order valence-corrected chi connectivity index (χ4v) is 3.30. The van der Waals surface area contributed by atoms with Crippen molar-refractivity contribution < 1.29 is 0 Å². The molecule has 3 aromatic heterocycles. The van der Waals surface area contributed by atoms with Gasteiger partial charge in [0.25, 0.3) is 0 Å². The van der Waals surface area contributed by atoms with Crippen molar-refractivity contribution in [1.82, 2.24) is 14.5 Å². The van der Waals surface area contributed by atoms with Crippen molar-refractivity contribution >= 4 is 10.9 Å². The smallest absolute Gasteiger partial charge is 0.0671 e. The van der Waals surface area contributed by atoms with Crippen LogP contribution in [0.15, 0.2) is 61.2 Å². The largest absolute Gasteiger partial charge is 0.312 e. The van der Waals surface area contributed by atoms with E-state index in [0.29, 0.717) is 0 Å². The number of rotatable bonds is 2. The summed E-state index contributed by atoms with van der Waals surface area (Å²) in [7, 11) is 0. The van der Waals surface area contributed by atoms with Crippen molar-refractivity contribution in [2.75, 3.05) is 0 Å². The van der Waals surface area contributed by atoms with Gasteiger partial charge in [-0.15, -0.1) is 0 Å². The highest BCUT2D eigenvalue weighted by atomic mass is 15.0. The van der Waals surface area contributed by atoms with Crippen LogP contribution in [0.3, 0.4) is 0 Å². The van der Waals surface area contributed by atoms with Gasteiger partial charge in [-0.3, -0.25) is 9.97 Å². The van der Waals surface area contributed by atoms with Gasteiger partial charge in [0, 0.05) is 35.2 Å². The van der Waals surface area contributed by atoms with E-state index in [1.165, 1.54) is 38.9 Å². The van der Waals surface area contributed by atoms with E-state index < -0.39 is 0 Å². The van der Waals surface area contributed by atoms with Crippen molar-refractivity contribution in [2.24, 2.45) is 0 Å². The molecule has 4 rings (SSSR count). The summed E-state index contributed by atoms with van der Waals surface area (Å²) >= 11 is 0. The third-order valence-electron chi connectivity index (χ3n) is 4.59. The van der Waals surface area contributed by atoms with Crippen LogP contribution in [-0.2, 0) is 0 Å². The molecule has 0 fully saturated rings. The quantitative estimate of drug-likeness (QED) is 0.520. The first-order chi connectivity index (χ1) is 11.6. The number of aromatic nitrogens is 3. The molecule has 0 atom stereocenters. The molecule has 0 aliphatic heterocycles. The summed E-state index contributed by atoms with van der Waals surface area (Å²) in [6, 6.07) is 12.9. The van der Waals surface area contributed by atoms with E-state index in [9.17, 15) is 0 Å². The zero-order chi connectivity index (χ0) is 16.7. The average molecular weight is 313 g/mol. The van der Waals surface area contributed by atoms with E-state index in [-0.39, 0.29) is 0 Å². The van der Waals surface area contributed by atoms with Crippen molar-refractivity contribution in [3.05, 3.63) is 78.0 Å². The van der Waals surface area contributed by atoms with Gasteiger partial charge in [-0.05, 0) is 67.8 Å². The number of benzene rings is 1. The standard InChI is InChI=1S/C21H19N3/c1-14-6-8-22-12-19(14)17-4-5-20-18(11-17)10-16(3)24(20)21-13-23-9-7-15(21)2/h4-13H,1-3H3. The van der Waals surface area contributed by atoms with E-state index in [1.54, 1.807) is 0 Å². The van der Waals surface area contributed by atoms with Crippen LogP contribution in [0.5, 0.6) is 0 Å². The molecule has 4 aromatic rings. The maximum atomic E-state index is 4.30. The van der Waals surface area contributed by atoms with Crippen molar-refractivity contribution in [3.63, 3.8) is 0 Å². The molecule has 0 N–H and O–H groups in total. The Labute approximate surface area is 141 Å². The lowest BCUT2D eigenvalue weighted by molar-refractivity contribution is 1.02. The van der Waals surface area contributed by atoms with Crippen molar-refractivity contribution in [3.8, 4) is 16.8 Å². The van der Waals surface area contributed by atoms with Crippen LogP contribution < -0.4 is 0 Å². The van der Waals surface area contributed by atoms with E-state index in [2.05, 4.69) is 65.6 Å². The molecule has 0 unspecified atom stereocenters. The number of nitrogens with zero attached hydrogens (tertiary/aromatic N) is 3. The van der Waals surface area contributed by atoms with Gasteiger partial charge in [0.05, 0.1) is 17.4 Å². The lowest BCUT2D eigenvalue weighted by Crippen LogP contribution is -1.99. The number of hydrogen-bond acceptors (Lipinski definition) is 2. The number of aryl methyl sites for hydroxylation is 3. The summed E-state index contributed by atoms with van der Waals surface area (Å²) in [5, 5.41) is 1.23. The fraction of sp³-hybridized carbons (Fsp3) is 0.143. The molecule has 118 valence electrons. The summed E-state index contributed by atoms with van der Waals surface area (Å²) in [6.07, 6.45) is 7.54. The molecule has 0 spiro atoms. The first-order valence-electron chi connectivity index (χ1n) is 8.09. The van der Waals surface area contributed by atoms with Crippen LogP contribution in [0.25, 0.3) is 27.7 Å². The van der Waals surface area contributed by atoms with E-state index in [1.807, 2.05) is 30.9 Å². The molecule has 1 aromatic carbocycles. The van der Waals surface area contributed by atoms with Gasteiger partial charge in [0.15, 0.2) is 0 Å². The summed E-state index contributed by atoms with van der Waals surface area (Å²) in [5.74, 6) is 0. The second kappa shape index (κ2) is 5.60. The summed E-state index contributed by atoms with van der Waals surface area (Å²) in [6.45, 7) is 6.38. The van der Waals surface area contributed by atoms with Crippen molar-refractivity contribution in [1.29, 1.82) is 0 Å². The normalized spacial score (nSPS) is 11.1. The molecule has 0 saturated heterocycles. The molecule has 3 nitrogen and oxygen atoms in total. The Morgan fingerprint density at radius 3 is 2.29 bits per heavy atom. The first kappa shape index (κ1) is 14.6. The Balaban J connectivity index is 1.93. The van der Waals surface area contributed by atoms with Gasteiger partial charge >= 0.3 is 0 Å². The second-order valence-corrected chi connectivity index (χ2v) is 6.25. The minimum Gasteiger partial charge on any atom is -0.312 e. The maximum absolute atomic E-state index is 4.30. The van der Waals surface area contributed by atoms with Gasteiger partial charge in [-0.2, -0.15) is 0 Å². The molecular weight excluding hydrogens is 294 g/mol. The van der Waals surface area contributed by atoms with Crippen LogP contribution in [0, 0.1) is 20.8 Å². The number of hydrogen-bond donors (Lipinski definition) is 0. The van der Waals surface area contributed by atoms with E-state index in [4.69, 9.17) is 0 Å². The molecule has 0 bridgehead atoms. The number of fused-ring (bicyclic) bond motifs is 1. The topological polar surface area (TPSA) is 30.7 Å². The fourth-order valence-electron chi connectivity index (χ4n) is 3.30. The van der Waals surface area contributed by atoms with Gasteiger partial charge in [0.2, 0.25) is 0 Å². The Bertz CT molecular complexity index is 1040. The highest BCUT2D eigenvalue weighted by molar-refractivity contribution is 5.88. The van der Waals surface area contributed by atoms with Gasteiger partial charge < -0.3 is 4.57 Å². The highest BCUT2D eigenvalue weighted by Crippen LogP contribution is 2.30. The predicted molar refractivity (Wildman–Crippen MR) is 98.5 cm³/mol. The minimum atomic E-state index is 1.13. The van der Waals surface area contributed by atoms with Crippen LogP contribution in [0.2, 0.25) is 0 Å². The zero-order valence-electron chi connectivity index (χ0n) is 14.1. The molecule has 3 heterocycles. The van der Waals surface area contributed by atoms with E-state index >= 15 is 0 Å². The Hall–Kier alpha value is -2.94. The molecule has 0 saturated carbocycles. The molecule has 24 heavy (non-hydrogen) atoms. The summed E-state index contributed by atoms with van der Waals surface area (Å²) < 4.78 is 2.28. The van der Waals surface area contributed by atoms with Gasteiger partial charge in [-0.25, -0.2) is 0 Å². The molecule has 3 heteroatoms. The van der Waals surface area contributed by atoms with E-state index in [0.717, 1.165) is 5.69 Å². The Morgan fingerprint density at radius 1 is 0.792 bits per heavy atom. The second-order valence-electron chi connectivity index (χ2n) is 6.25. The number of pyridine rings is 2. The average Bonchev–Trinajstić information content (AvgIpc) is 2.91. The van der Waals surface area contributed by atoms with Crippen molar-refractivity contribution in [2.45, 2.75) is 20.8 Å². The molecule has 0 amide bonds. The monoisotopic (exact) mass is 313 g/mol. The predicted octanol–water partition coefficient (Wildman–Crippen LogP) is 5.01. The summed E-state index contributed by atoms with van der Waals surface area (Å²) in [4.78, 5) is 8.57. The van der Waals surface area contributed by atoms with Crippen LogP contribution in [-0.4, -0.2) is 14.5 Å². The van der Waals surface area contributed by atoms with Gasteiger partial charge in [0.1, 0.15) is 0 Å². The first-order valence-corrected chi connectivity index (χ1v) is 8.09. The SMILES string of the molecule is Cc1ccncc1-c1ccc2c(c1)cc(C)n2-c1cnccc1C. The molecule has 0 aliphatic rings. The van der Waals surface area contributed by atoms with Gasteiger partial charge in [-0.1, -0.05) is 6.07 Å². The van der Waals surface area contributed by atoms with Crippen LogP contribution in [0.1, 0.15) is 16.8 Å². The summed E-state index contributed by atoms with van der Waals surface area (Å²) in [5.41, 5.74) is 8.39. The Morgan fingerprint density at radius 2 is 1.54 bits per heavy atom. The minimum absolute atomic E-state index is 1.13. The Kier molecular flexibility index (Phi) is 3.42. The molecule has 0 radical (unpaired) electrons. The lowest BCUT2D eigenvalue weighted by Gasteiger charge is -2.11. The third-order valence-corrected chi connectivity index (χ3v) is 4.59. The maximum Gasteiger partial charge on any atom is 0.0671 e. The molecule has 0 aliphatic carbocycles. The third kappa shape index (κ3) is 2.29. The lowest BCUT2D eigenvalue weighted by atomic mass is 10.0. The zero-order valence-corrected chi connectivity index (χ0v) is 14.1. The highest BCUT2D eigenvalue weighted by Gasteiger charge is 2.11.